The van der Waals surface area contributed by atoms with E-state index in [2.05, 4.69) is 55.1 Å². The van der Waals surface area contributed by atoms with Gasteiger partial charge in [0.05, 0.1) is 5.57 Å². The standard InChI is InChI=1S/C28H34O3S/c1-9-20-14-15-22(21-12-10-19(11-13-21)16-17-32(6,7)8)18-23(20)24-25(29)27(2,3)31-28(4,5)26(24)30/h10-15,18,29H,9H2,1-8H3. The van der Waals surface area contributed by atoms with Crippen LogP contribution in [0.3, 0.4) is 0 Å². The molecule has 3 nitrogen and oxygen atoms in total. The van der Waals surface area contributed by atoms with Crippen LogP contribution in [0.5, 0.6) is 0 Å². The molecular formula is C28H34O3S. The molecule has 1 aliphatic heterocycles. The van der Waals surface area contributed by atoms with Crippen LogP contribution in [0.15, 0.2) is 48.2 Å². The highest BCUT2D eigenvalue weighted by Gasteiger charge is 2.47. The summed E-state index contributed by atoms with van der Waals surface area (Å²) >= 11 is 0. The Kier molecular flexibility index (Phi) is 6.39. The number of ketones is 1. The summed E-state index contributed by atoms with van der Waals surface area (Å²) in [6, 6.07) is 14.3. The highest BCUT2D eigenvalue weighted by molar-refractivity contribution is 8.35. The summed E-state index contributed by atoms with van der Waals surface area (Å²) in [5.74, 6) is 3.05. The maximum atomic E-state index is 13.3. The molecule has 4 heteroatoms. The number of aliphatic hydroxyl groups is 1. The molecule has 0 amide bonds. The first-order valence-electron chi connectivity index (χ1n) is 10.9. The van der Waals surface area contributed by atoms with Crippen molar-refractivity contribution >= 4 is 21.4 Å². The van der Waals surface area contributed by atoms with Crippen LogP contribution in [0.2, 0.25) is 0 Å². The Labute approximate surface area is 194 Å². The molecule has 170 valence electrons. The molecule has 0 bridgehead atoms. The van der Waals surface area contributed by atoms with Gasteiger partial charge in [0.25, 0.3) is 0 Å². The quantitative estimate of drug-likeness (QED) is 0.555. The fourth-order valence-corrected chi connectivity index (χ4v) is 4.37. The summed E-state index contributed by atoms with van der Waals surface area (Å²) in [7, 11) is -0.872. The van der Waals surface area contributed by atoms with Gasteiger partial charge in [0.15, 0.2) is 5.78 Å². The van der Waals surface area contributed by atoms with E-state index in [0.29, 0.717) is 5.57 Å². The Morgan fingerprint density at radius 2 is 1.53 bits per heavy atom. The largest absolute Gasteiger partial charge is 0.508 e. The van der Waals surface area contributed by atoms with Crippen LogP contribution in [-0.4, -0.2) is 40.9 Å². The second-order valence-electron chi connectivity index (χ2n) is 10.0. The lowest BCUT2D eigenvalue weighted by atomic mass is 9.80. The number of aryl methyl sites for hydroxylation is 1. The minimum atomic E-state index is -1.01. The molecular weight excluding hydrogens is 416 g/mol. The van der Waals surface area contributed by atoms with Crippen LogP contribution in [0.25, 0.3) is 16.7 Å². The van der Waals surface area contributed by atoms with Crippen molar-refractivity contribution in [2.24, 2.45) is 0 Å². The lowest BCUT2D eigenvalue weighted by Gasteiger charge is -2.40. The van der Waals surface area contributed by atoms with Crippen molar-refractivity contribution in [1.29, 1.82) is 0 Å². The minimum absolute atomic E-state index is 0.0102. The van der Waals surface area contributed by atoms with E-state index >= 15 is 0 Å². The van der Waals surface area contributed by atoms with Gasteiger partial charge in [-0.2, -0.15) is 10.0 Å². The first kappa shape index (κ1) is 24.2. The lowest BCUT2D eigenvalue weighted by Crippen LogP contribution is -2.49. The number of benzene rings is 2. The molecule has 2 aromatic rings. The zero-order valence-corrected chi connectivity index (χ0v) is 21.2. The van der Waals surface area contributed by atoms with E-state index in [1.807, 2.05) is 24.3 Å². The summed E-state index contributed by atoms with van der Waals surface area (Å²) in [4.78, 5) is 13.3. The molecule has 1 N–H and O–H groups in total. The lowest BCUT2D eigenvalue weighted by molar-refractivity contribution is -0.158. The van der Waals surface area contributed by atoms with Crippen LogP contribution in [0, 0.1) is 11.2 Å². The Hall–Kier alpha value is -2.48. The molecule has 0 spiro atoms. The van der Waals surface area contributed by atoms with Gasteiger partial charge in [-0.15, -0.1) is 0 Å². The molecule has 0 radical (unpaired) electrons. The van der Waals surface area contributed by atoms with E-state index in [0.717, 1.165) is 34.2 Å². The van der Waals surface area contributed by atoms with Gasteiger partial charge in [-0.1, -0.05) is 37.1 Å². The molecule has 0 aromatic heterocycles. The van der Waals surface area contributed by atoms with Crippen molar-refractivity contribution in [3.05, 3.63) is 64.9 Å². The smallest absolute Gasteiger partial charge is 0.198 e. The number of carbonyl (C=O) groups is 1. The van der Waals surface area contributed by atoms with Gasteiger partial charge in [0, 0.05) is 5.56 Å². The monoisotopic (exact) mass is 450 g/mol. The van der Waals surface area contributed by atoms with Crippen molar-refractivity contribution < 1.29 is 14.6 Å². The van der Waals surface area contributed by atoms with Crippen molar-refractivity contribution in [1.82, 2.24) is 0 Å². The Bertz CT molecular complexity index is 1130. The Balaban J connectivity index is 2.11. The third-order valence-electron chi connectivity index (χ3n) is 5.57. The van der Waals surface area contributed by atoms with Gasteiger partial charge in [-0.05, 0) is 98.6 Å². The summed E-state index contributed by atoms with van der Waals surface area (Å²) in [5.41, 5.74) is 3.23. The zero-order valence-electron chi connectivity index (χ0n) is 20.4. The van der Waals surface area contributed by atoms with Gasteiger partial charge < -0.3 is 9.84 Å². The van der Waals surface area contributed by atoms with Gasteiger partial charge >= 0.3 is 0 Å². The van der Waals surface area contributed by atoms with E-state index in [9.17, 15) is 9.90 Å². The Morgan fingerprint density at radius 3 is 2.09 bits per heavy atom. The van der Waals surface area contributed by atoms with Gasteiger partial charge in [-0.25, -0.2) is 0 Å². The van der Waals surface area contributed by atoms with Crippen molar-refractivity contribution in [2.45, 2.75) is 52.2 Å². The predicted molar refractivity (Wildman–Crippen MR) is 137 cm³/mol. The number of carbonyl (C=O) groups excluding carboxylic acids is 1. The van der Waals surface area contributed by atoms with E-state index < -0.39 is 21.2 Å². The molecule has 0 saturated heterocycles. The first-order valence-corrected chi connectivity index (χ1v) is 13.7. The van der Waals surface area contributed by atoms with Gasteiger partial charge in [0.2, 0.25) is 0 Å². The summed E-state index contributed by atoms with van der Waals surface area (Å²) in [6.45, 7) is 9.17. The maximum Gasteiger partial charge on any atom is 0.198 e. The van der Waals surface area contributed by atoms with Crippen LogP contribution < -0.4 is 0 Å². The van der Waals surface area contributed by atoms with Crippen molar-refractivity contribution in [3.63, 3.8) is 0 Å². The molecule has 1 heterocycles. The zero-order chi connectivity index (χ0) is 23.9. The van der Waals surface area contributed by atoms with E-state index in [4.69, 9.17) is 4.74 Å². The van der Waals surface area contributed by atoms with Gasteiger partial charge in [0.1, 0.15) is 17.0 Å². The van der Waals surface area contributed by atoms with Crippen LogP contribution in [0.4, 0.5) is 0 Å². The third-order valence-corrected chi connectivity index (χ3v) is 6.29. The predicted octanol–water partition coefficient (Wildman–Crippen LogP) is 6.34. The highest BCUT2D eigenvalue weighted by atomic mass is 32.3. The Morgan fingerprint density at radius 1 is 0.938 bits per heavy atom. The number of hydrogen-bond acceptors (Lipinski definition) is 3. The molecule has 0 fully saturated rings. The molecule has 32 heavy (non-hydrogen) atoms. The van der Waals surface area contributed by atoms with E-state index in [1.165, 1.54) is 0 Å². The summed E-state index contributed by atoms with van der Waals surface area (Å²) in [5, 5.41) is 14.4. The summed E-state index contributed by atoms with van der Waals surface area (Å²) < 4.78 is 5.92. The number of hydrogen-bond donors (Lipinski definition) is 1. The maximum absolute atomic E-state index is 13.3. The second-order valence-corrected chi connectivity index (χ2v) is 13.9. The number of rotatable bonds is 3. The number of ether oxygens (including phenoxy) is 1. The number of Topliss-reactive ketones (excluding diaryl/α,β-unsaturated/α-hetero) is 1. The SMILES string of the molecule is CCc1ccc(-c2ccc(C#CS(C)(C)C)cc2)cc1C1=C(O)C(C)(C)OC(C)(C)C1=O. The van der Waals surface area contributed by atoms with E-state index in [-0.39, 0.29) is 11.5 Å². The summed E-state index contributed by atoms with van der Waals surface area (Å²) in [6.07, 6.45) is 7.28. The number of aliphatic hydroxyl groups excluding tert-OH is 1. The van der Waals surface area contributed by atoms with Crippen LogP contribution >= 0.6 is 10.0 Å². The fraction of sp³-hybridized carbons (Fsp3) is 0.393. The average molecular weight is 451 g/mol. The van der Waals surface area contributed by atoms with Crippen molar-refractivity contribution in [3.8, 4) is 22.3 Å². The molecule has 2 aromatic carbocycles. The fourth-order valence-electron chi connectivity index (χ4n) is 3.95. The van der Waals surface area contributed by atoms with E-state index in [1.54, 1.807) is 27.7 Å². The molecule has 0 saturated carbocycles. The minimum Gasteiger partial charge on any atom is -0.508 e. The van der Waals surface area contributed by atoms with Gasteiger partial charge in [-0.3, -0.25) is 4.79 Å². The first-order chi connectivity index (χ1) is 14.7. The normalized spacial score (nSPS) is 18.2. The van der Waals surface area contributed by atoms with Crippen LogP contribution in [-0.2, 0) is 16.0 Å². The molecule has 3 rings (SSSR count). The molecule has 0 atom stereocenters. The van der Waals surface area contributed by atoms with Crippen LogP contribution in [0.1, 0.15) is 51.3 Å². The highest BCUT2D eigenvalue weighted by Crippen LogP contribution is 2.41. The topological polar surface area (TPSA) is 46.5 Å². The average Bonchev–Trinajstić information content (AvgIpc) is 2.70. The van der Waals surface area contributed by atoms with Crippen molar-refractivity contribution in [2.75, 3.05) is 18.8 Å². The second kappa shape index (κ2) is 8.46. The third kappa shape index (κ3) is 4.95. The molecule has 0 unspecified atom stereocenters. The molecule has 0 aliphatic carbocycles. The molecule has 1 aliphatic rings.